The average molecular weight is 340 g/mol. The van der Waals surface area contributed by atoms with Crippen LogP contribution in [0.25, 0.3) is 0 Å². The second kappa shape index (κ2) is 6.78. The molecule has 23 heavy (non-hydrogen) atoms. The van der Waals surface area contributed by atoms with Gasteiger partial charge in [-0.2, -0.15) is 0 Å². The average Bonchev–Trinajstić information content (AvgIpc) is 2.51. The molecule has 0 bridgehead atoms. The smallest absolute Gasteiger partial charge is 0.240 e. The Kier molecular flexibility index (Phi) is 5.19. The molecule has 1 aromatic rings. The summed E-state index contributed by atoms with van der Waals surface area (Å²) in [6, 6.07) is 7.80. The van der Waals surface area contributed by atoms with Gasteiger partial charge >= 0.3 is 0 Å². The third-order valence-electron chi connectivity index (χ3n) is 4.15. The van der Waals surface area contributed by atoms with Crippen molar-refractivity contribution in [2.24, 2.45) is 0 Å². The summed E-state index contributed by atoms with van der Waals surface area (Å²) < 4.78 is 29.1. The Morgan fingerprint density at radius 3 is 2.70 bits per heavy atom. The lowest BCUT2D eigenvalue weighted by Gasteiger charge is -2.37. The molecule has 0 aliphatic carbocycles. The van der Waals surface area contributed by atoms with Gasteiger partial charge in [-0.3, -0.25) is 4.79 Å². The van der Waals surface area contributed by atoms with E-state index in [-0.39, 0.29) is 6.10 Å². The maximum atomic E-state index is 12.2. The molecule has 2 rings (SSSR count). The monoisotopic (exact) mass is 340 g/mol. The fraction of sp³-hybridized carbons (Fsp3) is 0.562. The van der Waals surface area contributed by atoms with E-state index in [1.54, 1.807) is 7.05 Å². The molecule has 7 heteroatoms. The number of carbonyl (C=O) groups excluding carboxylic acids is 1. The number of sulfone groups is 1. The van der Waals surface area contributed by atoms with Crippen molar-refractivity contribution in [3.63, 3.8) is 0 Å². The fourth-order valence-electron chi connectivity index (χ4n) is 2.66. The zero-order valence-electron chi connectivity index (χ0n) is 14.0. The van der Waals surface area contributed by atoms with Gasteiger partial charge in [-0.15, -0.1) is 0 Å². The van der Waals surface area contributed by atoms with E-state index in [4.69, 9.17) is 4.74 Å². The number of rotatable bonds is 5. The van der Waals surface area contributed by atoms with E-state index >= 15 is 0 Å². The number of nitrogens with zero attached hydrogens (tertiary/aromatic N) is 2. The molecule has 0 spiro atoms. The van der Waals surface area contributed by atoms with Gasteiger partial charge in [0.15, 0.2) is 9.84 Å². The lowest BCUT2D eigenvalue weighted by molar-refractivity contribution is -0.130. The van der Waals surface area contributed by atoms with Gasteiger partial charge in [0.2, 0.25) is 5.91 Å². The molecular weight excluding hydrogens is 316 g/mol. The molecule has 0 radical (unpaired) electrons. The molecule has 0 aromatic heterocycles. The summed E-state index contributed by atoms with van der Waals surface area (Å²) in [5.74, 6) is 0.389. The van der Waals surface area contributed by atoms with Crippen LogP contribution in [0, 0.1) is 0 Å². The molecule has 0 saturated carbocycles. The molecule has 128 valence electrons. The number of anilines is 1. The molecule has 0 N–H and O–H groups in total. The highest BCUT2D eigenvalue weighted by molar-refractivity contribution is 7.92. The highest BCUT2D eigenvalue weighted by Crippen LogP contribution is 2.32. The van der Waals surface area contributed by atoms with Crippen LogP contribution in [0.2, 0.25) is 0 Å². The van der Waals surface area contributed by atoms with Gasteiger partial charge in [-0.05, 0) is 26.0 Å². The molecule has 1 amide bonds. The number of likely N-dealkylation sites (N-methyl/N-ethyl adjacent to an activating group) is 2. The Labute approximate surface area is 137 Å². The van der Waals surface area contributed by atoms with Crippen LogP contribution in [0.4, 0.5) is 5.69 Å². The van der Waals surface area contributed by atoms with Crippen molar-refractivity contribution in [3.8, 4) is 5.75 Å². The normalized spacial score (nSPS) is 18.8. The Morgan fingerprint density at radius 2 is 2.09 bits per heavy atom. The van der Waals surface area contributed by atoms with E-state index in [2.05, 4.69) is 11.8 Å². The number of para-hydroxylation sites is 2. The Balaban J connectivity index is 2.08. The van der Waals surface area contributed by atoms with Gasteiger partial charge in [0.1, 0.15) is 17.1 Å². The first kappa shape index (κ1) is 17.6. The molecule has 0 fully saturated rings. The van der Waals surface area contributed by atoms with Crippen molar-refractivity contribution in [3.05, 3.63) is 24.3 Å². The zero-order chi connectivity index (χ0) is 17.2. The number of benzene rings is 1. The van der Waals surface area contributed by atoms with E-state index in [0.29, 0.717) is 13.1 Å². The number of hydrogen-bond acceptors (Lipinski definition) is 5. The number of fused-ring (bicyclic) bond motifs is 1. The second-order valence-electron chi connectivity index (χ2n) is 5.94. The summed E-state index contributed by atoms with van der Waals surface area (Å²) in [5, 5.41) is -1.04. The molecule has 1 aliphatic rings. The number of ether oxygens (including phenoxy) is 1. The number of hydrogen-bond donors (Lipinski definition) is 0. The van der Waals surface area contributed by atoms with Crippen molar-refractivity contribution in [2.45, 2.75) is 25.2 Å². The standard InChI is InChI=1S/C16H24N2O4S/c1-5-18-11-13(22-15-9-7-6-8-14(15)18)10-17(3)16(19)12(2)23(4,20)21/h6-9,12-13H,5,10-11H2,1-4H3/t12-,13+/m1/s1. The topological polar surface area (TPSA) is 66.9 Å². The van der Waals surface area contributed by atoms with Crippen molar-refractivity contribution < 1.29 is 17.9 Å². The van der Waals surface area contributed by atoms with Crippen LogP contribution in [0.5, 0.6) is 5.75 Å². The van der Waals surface area contributed by atoms with Crippen molar-refractivity contribution >= 4 is 21.4 Å². The lowest BCUT2D eigenvalue weighted by Crippen LogP contribution is -2.49. The molecular formula is C16H24N2O4S. The SMILES string of the molecule is CCN1C[C@H](CN(C)C(=O)[C@@H](C)S(C)(=O)=O)Oc2ccccc21. The van der Waals surface area contributed by atoms with E-state index in [1.165, 1.54) is 11.8 Å². The summed E-state index contributed by atoms with van der Waals surface area (Å²) in [7, 11) is -1.78. The molecule has 0 unspecified atom stereocenters. The highest BCUT2D eigenvalue weighted by atomic mass is 32.2. The van der Waals surface area contributed by atoms with Crippen LogP contribution in [0.1, 0.15) is 13.8 Å². The molecule has 1 heterocycles. The maximum Gasteiger partial charge on any atom is 0.240 e. The summed E-state index contributed by atoms with van der Waals surface area (Å²) >= 11 is 0. The predicted molar refractivity (Wildman–Crippen MR) is 90.7 cm³/mol. The minimum absolute atomic E-state index is 0.189. The minimum Gasteiger partial charge on any atom is -0.485 e. The van der Waals surface area contributed by atoms with E-state index in [9.17, 15) is 13.2 Å². The van der Waals surface area contributed by atoms with Gasteiger partial charge < -0.3 is 14.5 Å². The largest absolute Gasteiger partial charge is 0.485 e. The van der Waals surface area contributed by atoms with E-state index in [0.717, 1.165) is 24.2 Å². The van der Waals surface area contributed by atoms with Gasteiger partial charge in [0.25, 0.3) is 0 Å². The van der Waals surface area contributed by atoms with E-state index in [1.807, 2.05) is 24.3 Å². The minimum atomic E-state index is -3.39. The van der Waals surface area contributed by atoms with Crippen molar-refractivity contribution in [1.29, 1.82) is 0 Å². The summed E-state index contributed by atoms with van der Waals surface area (Å²) in [5.41, 5.74) is 1.05. The zero-order valence-corrected chi connectivity index (χ0v) is 14.8. The summed E-state index contributed by atoms with van der Waals surface area (Å²) in [6.45, 7) is 5.35. The van der Waals surface area contributed by atoms with Crippen LogP contribution in [0.15, 0.2) is 24.3 Å². The first-order valence-corrected chi connectivity index (χ1v) is 9.64. The first-order valence-electron chi connectivity index (χ1n) is 7.68. The summed E-state index contributed by atoms with van der Waals surface area (Å²) in [4.78, 5) is 15.9. The molecule has 2 atom stereocenters. The van der Waals surface area contributed by atoms with Gasteiger partial charge in [0, 0.05) is 19.8 Å². The molecule has 0 saturated heterocycles. The third kappa shape index (κ3) is 3.96. The Hall–Kier alpha value is -1.76. The summed E-state index contributed by atoms with van der Waals surface area (Å²) in [6.07, 6.45) is 0.890. The van der Waals surface area contributed by atoms with Crippen LogP contribution in [0.3, 0.4) is 0 Å². The van der Waals surface area contributed by atoms with Crippen LogP contribution in [-0.4, -0.2) is 63.5 Å². The van der Waals surface area contributed by atoms with Crippen LogP contribution < -0.4 is 9.64 Å². The molecule has 1 aliphatic heterocycles. The van der Waals surface area contributed by atoms with E-state index < -0.39 is 21.0 Å². The first-order chi connectivity index (χ1) is 10.7. The van der Waals surface area contributed by atoms with Crippen molar-refractivity contribution in [2.75, 3.05) is 37.8 Å². The fourth-order valence-corrected chi connectivity index (χ4v) is 3.21. The number of amides is 1. The molecule has 6 nitrogen and oxygen atoms in total. The maximum absolute atomic E-state index is 12.2. The third-order valence-corrected chi connectivity index (χ3v) is 5.64. The second-order valence-corrected chi connectivity index (χ2v) is 8.30. The van der Waals surface area contributed by atoms with Crippen molar-refractivity contribution in [1.82, 2.24) is 4.90 Å². The van der Waals surface area contributed by atoms with Gasteiger partial charge in [0.05, 0.1) is 18.8 Å². The Morgan fingerprint density at radius 1 is 1.43 bits per heavy atom. The predicted octanol–water partition coefficient (Wildman–Crippen LogP) is 1.17. The Bertz CT molecular complexity index is 674. The van der Waals surface area contributed by atoms with Gasteiger partial charge in [-0.1, -0.05) is 12.1 Å². The van der Waals surface area contributed by atoms with Crippen LogP contribution in [-0.2, 0) is 14.6 Å². The van der Waals surface area contributed by atoms with Crippen LogP contribution >= 0.6 is 0 Å². The lowest BCUT2D eigenvalue weighted by atomic mass is 10.2. The highest BCUT2D eigenvalue weighted by Gasteiger charge is 2.30. The van der Waals surface area contributed by atoms with Gasteiger partial charge in [-0.25, -0.2) is 8.42 Å². The molecule has 1 aromatic carbocycles. The quantitative estimate of drug-likeness (QED) is 0.805. The number of carbonyl (C=O) groups is 1.